The molecular weight excluding hydrogens is 202 g/mol. The van der Waals surface area contributed by atoms with Gasteiger partial charge in [-0.2, -0.15) is 8.42 Å². The number of hydrogen-bond donors (Lipinski definition) is 2. The summed E-state index contributed by atoms with van der Waals surface area (Å²) in [6, 6.07) is 3.09. The first-order valence-electron chi connectivity index (χ1n) is 4.38. The predicted octanol–water partition coefficient (Wildman–Crippen LogP) is 1.00. The molecule has 1 aromatic rings. The van der Waals surface area contributed by atoms with Crippen molar-refractivity contribution in [2.75, 3.05) is 5.73 Å². The van der Waals surface area contributed by atoms with E-state index >= 15 is 0 Å². The number of nitrogens with two attached hydrogens (primary N) is 1. The van der Waals surface area contributed by atoms with Gasteiger partial charge in [0.25, 0.3) is 10.1 Å². The second-order valence-electron chi connectivity index (χ2n) is 3.44. The molecule has 0 bridgehead atoms. The highest BCUT2D eigenvalue weighted by Gasteiger charge is 2.21. The van der Waals surface area contributed by atoms with E-state index in [1.807, 2.05) is 0 Å². The fourth-order valence-electron chi connectivity index (χ4n) is 1.90. The van der Waals surface area contributed by atoms with Crippen LogP contribution in [0.2, 0.25) is 0 Å². The van der Waals surface area contributed by atoms with Crippen LogP contribution >= 0.6 is 0 Å². The van der Waals surface area contributed by atoms with Gasteiger partial charge in [-0.05, 0) is 36.5 Å². The quantitative estimate of drug-likeness (QED) is 0.538. The maximum Gasteiger partial charge on any atom is 0.296 e. The van der Waals surface area contributed by atoms with Crippen LogP contribution in [0.1, 0.15) is 17.5 Å². The van der Waals surface area contributed by atoms with Gasteiger partial charge in [0.05, 0.1) is 5.69 Å². The Balaban J connectivity index is 2.68. The van der Waals surface area contributed by atoms with Crippen LogP contribution in [0.5, 0.6) is 0 Å². The molecule has 0 unspecified atom stereocenters. The van der Waals surface area contributed by atoms with Crippen LogP contribution in [0.15, 0.2) is 17.0 Å². The van der Waals surface area contributed by atoms with Gasteiger partial charge >= 0.3 is 0 Å². The second kappa shape index (κ2) is 2.96. The normalized spacial score (nSPS) is 15.5. The lowest BCUT2D eigenvalue weighted by atomic mass is 10.1. The van der Waals surface area contributed by atoms with Gasteiger partial charge < -0.3 is 5.73 Å². The van der Waals surface area contributed by atoms with Crippen LogP contribution < -0.4 is 5.73 Å². The van der Waals surface area contributed by atoms with Gasteiger partial charge in [-0.1, -0.05) is 6.07 Å². The van der Waals surface area contributed by atoms with Crippen LogP contribution in [-0.4, -0.2) is 13.0 Å². The lowest BCUT2D eigenvalue weighted by molar-refractivity contribution is 0.483. The fourth-order valence-corrected chi connectivity index (χ4v) is 2.54. The Kier molecular flexibility index (Phi) is 2.01. The Labute approximate surface area is 82.5 Å². The van der Waals surface area contributed by atoms with Crippen molar-refractivity contribution in [3.8, 4) is 0 Å². The van der Waals surface area contributed by atoms with Crippen molar-refractivity contribution in [3.63, 3.8) is 0 Å². The zero-order valence-corrected chi connectivity index (χ0v) is 8.34. The van der Waals surface area contributed by atoms with Crippen molar-refractivity contribution in [3.05, 3.63) is 23.3 Å². The highest BCUT2D eigenvalue weighted by atomic mass is 32.2. The van der Waals surface area contributed by atoms with Gasteiger partial charge in [0, 0.05) is 0 Å². The van der Waals surface area contributed by atoms with E-state index in [1.165, 1.54) is 6.07 Å². The van der Waals surface area contributed by atoms with E-state index in [1.54, 1.807) is 6.07 Å². The first-order valence-corrected chi connectivity index (χ1v) is 5.82. The van der Waals surface area contributed by atoms with E-state index in [9.17, 15) is 8.42 Å². The molecule has 1 aliphatic carbocycles. The van der Waals surface area contributed by atoms with E-state index in [-0.39, 0.29) is 10.6 Å². The van der Waals surface area contributed by atoms with Gasteiger partial charge in [-0.25, -0.2) is 0 Å². The zero-order valence-electron chi connectivity index (χ0n) is 7.53. The van der Waals surface area contributed by atoms with Crippen molar-refractivity contribution >= 4 is 15.8 Å². The van der Waals surface area contributed by atoms with Crippen molar-refractivity contribution < 1.29 is 13.0 Å². The maximum absolute atomic E-state index is 10.9. The summed E-state index contributed by atoms with van der Waals surface area (Å²) < 4.78 is 30.8. The van der Waals surface area contributed by atoms with Crippen LogP contribution in [0, 0.1) is 0 Å². The van der Waals surface area contributed by atoms with Crippen molar-refractivity contribution in [2.24, 2.45) is 0 Å². The molecule has 4 nitrogen and oxygen atoms in total. The zero-order chi connectivity index (χ0) is 10.3. The molecule has 0 saturated carbocycles. The Morgan fingerprint density at radius 2 is 2.00 bits per heavy atom. The summed E-state index contributed by atoms with van der Waals surface area (Å²) in [6.45, 7) is 0. The minimum Gasteiger partial charge on any atom is -0.397 e. The first-order chi connectivity index (χ1) is 6.50. The average Bonchev–Trinajstić information content (AvgIpc) is 2.50. The van der Waals surface area contributed by atoms with Gasteiger partial charge in [0.2, 0.25) is 0 Å². The smallest absolute Gasteiger partial charge is 0.296 e. The molecule has 0 atom stereocenters. The van der Waals surface area contributed by atoms with Gasteiger partial charge in [0.15, 0.2) is 0 Å². The van der Waals surface area contributed by atoms with Crippen LogP contribution in [0.25, 0.3) is 0 Å². The number of aryl methyl sites for hydroxylation is 1. The van der Waals surface area contributed by atoms with Crippen LogP contribution in [0.3, 0.4) is 0 Å². The van der Waals surface area contributed by atoms with E-state index in [0.29, 0.717) is 0 Å². The van der Waals surface area contributed by atoms with Crippen molar-refractivity contribution in [2.45, 2.75) is 24.2 Å². The maximum atomic E-state index is 10.9. The van der Waals surface area contributed by atoms with Gasteiger partial charge in [-0.3, -0.25) is 4.55 Å². The Bertz CT molecular complexity index is 479. The highest BCUT2D eigenvalue weighted by Crippen LogP contribution is 2.31. The average molecular weight is 213 g/mol. The Morgan fingerprint density at radius 1 is 1.29 bits per heavy atom. The Hall–Kier alpha value is -1.07. The first kappa shape index (κ1) is 9.48. The molecule has 0 aromatic heterocycles. The minimum atomic E-state index is -4.18. The third-order valence-corrected chi connectivity index (χ3v) is 3.48. The Morgan fingerprint density at radius 3 is 2.64 bits per heavy atom. The second-order valence-corrected chi connectivity index (χ2v) is 4.83. The summed E-state index contributed by atoms with van der Waals surface area (Å²) in [5, 5.41) is 0. The predicted molar refractivity (Wildman–Crippen MR) is 52.7 cm³/mol. The molecule has 2 rings (SSSR count). The monoisotopic (exact) mass is 213 g/mol. The van der Waals surface area contributed by atoms with Gasteiger partial charge in [0.1, 0.15) is 4.90 Å². The topological polar surface area (TPSA) is 80.4 Å². The molecule has 1 aliphatic rings. The summed E-state index contributed by atoms with van der Waals surface area (Å²) in [6.07, 6.45) is 2.73. The summed E-state index contributed by atoms with van der Waals surface area (Å²) in [7, 11) is -4.18. The number of rotatable bonds is 1. The number of hydrogen-bond acceptors (Lipinski definition) is 3. The van der Waals surface area contributed by atoms with Gasteiger partial charge in [-0.15, -0.1) is 0 Å². The third kappa shape index (κ3) is 1.38. The lowest BCUT2D eigenvalue weighted by Gasteiger charge is -2.07. The summed E-state index contributed by atoms with van der Waals surface area (Å²) >= 11 is 0. The van der Waals surface area contributed by atoms with E-state index in [4.69, 9.17) is 10.3 Å². The SMILES string of the molecule is Nc1c(S(=O)(=O)O)ccc2c1CCC2. The standard InChI is InChI=1S/C9H11NO3S/c10-9-7-3-1-2-6(7)4-5-8(9)14(11,12)13/h4-5H,1-3,10H2,(H,11,12,13). The molecule has 1 aromatic carbocycles. The van der Waals surface area contributed by atoms with Crippen LogP contribution in [0.4, 0.5) is 5.69 Å². The summed E-state index contributed by atoms with van der Waals surface area (Å²) in [5.41, 5.74) is 7.86. The molecule has 0 fully saturated rings. The number of nitrogen functional groups attached to an aromatic ring is 1. The largest absolute Gasteiger partial charge is 0.397 e. The molecule has 76 valence electrons. The summed E-state index contributed by atoms with van der Waals surface area (Å²) in [5.74, 6) is 0. The molecule has 3 N–H and O–H groups in total. The molecule has 5 heteroatoms. The fraction of sp³-hybridized carbons (Fsp3) is 0.333. The minimum absolute atomic E-state index is 0.168. The number of benzene rings is 1. The number of fused-ring (bicyclic) bond motifs is 1. The third-order valence-electron chi connectivity index (χ3n) is 2.56. The highest BCUT2D eigenvalue weighted by molar-refractivity contribution is 7.86. The summed E-state index contributed by atoms with van der Waals surface area (Å²) in [4.78, 5) is -0.168. The molecule has 0 amide bonds. The van der Waals surface area contributed by atoms with E-state index in [2.05, 4.69) is 0 Å². The molecule has 14 heavy (non-hydrogen) atoms. The van der Waals surface area contributed by atoms with E-state index < -0.39 is 10.1 Å². The van der Waals surface area contributed by atoms with Crippen molar-refractivity contribution in [1.82, 2.24) is 0 Å². The molecule has 0 saturated heterocycles. The molecule has 0 spiro atoms. The molecule has 0 radical (unpaired) electrons. The molecular formula is C9H11NO3S. The van der Waals surface area contributed by atoms with Crippen molar-refractivity contribution in [1.29, 1.82) is 0 Å². The van der Waals surface area contributed by atoms with E-state index in [0.717, 1.165) is 30.4 Å². The number of anilines is 1. The lowest BCUT2D eigenvalue weighted by Crippen LogP contribution is -2.05. The molecule has 0 aliphatic heterocycles. The molecule has 0 heterocycles. The van der Waals surface area contributed by atoms with Crippen LogP contribution in [-0.2, 0) is 23.0 Å².